The lowest BCUT2D eigenvalue weighted by Crippen LogP contribution is -2.40. The quantitative estimate of drug-likeness (QED) is 0.410. The molecule has 5 nitrogen and oxygen atoms in total. The number of aliphatic imine (C=N–C) groups is 2. The molecule has 4 heterocycles. The second kappa shape index (κ2) is 10.2. The van der Waals surface area contributed by atoms with E-state index in [1.807, 2.05) is 6.21 Å². The molecule has 2 saturated heterocycles. The molecule has 5 aliphatic rings. The molecule has 0 N–H and O–H groups in total. The van der Waals surface area contributed by atoms with Crippen LogP contribution in [0.3, 0.4) is 0 Å². The highest BCUT2D eigenvalue weighted by molar-refractivity contribution is 8.03. The summed E-state index contributed by atoms with van der Waals surface area (Å²) in [4.78, 5) is 19.1. The van der Waals surface area contributed by atoms with Crippen LogP contribution in [0.25, 0.3) is 0 Å². The first-order valence-electron chi connectivity index (χ1n) is 14.1. The summed E-state index contributed by atoms with van der Waals surface area (Å²) < 4.78 is 0. The van der Waals surface area contributed by atoms with Gasteiger partial charge < -0.3 is 14.7 Å². The number of anilines is 1. The van der Waals surface area contributed by atoms with Gasteiger partial charge in [-0.05, 0) is 85.4 Å². The monoisotopic (exact) mass is 555 g/mol. The van der Waals surface area contributed by atoms with Crippen LogP contribution in [0.4, 0.5) is 5.69 Å². The van der Waals surface area contributed by atoms with Crippen LogP contribution in [0.15, 0.2) is 92.1 Å². The van der Waals surface area contributed by atoms with Crippen molar-refractivity contribution in [2.45, 2.75) is 43.4 Å². The molecule has 0 amide bonds. The van der Waals surface area contributed by atoms with E-state index in [9.17, 15) is 0 Å². The predicted octanol–water partition coefficient (Wildman–Crippen LogP) is 6.91. The third-order valence-corrected chi connectivity index (χ3v) is 10.5. The second-order valence-corrected chi connectivity index (χ2v) is 12.8. The van der Waals surface area contributed by atoms with Crippen molar-refractivity contribution in [3.8, 4) is 0 Å². The van der Waals surface area contributed by atoms with Gasteiger partial charge in [0.15, 0.2) is 0 Å². The van der Waals surface area contributed by atoms with Crippen LogP contribution < -0.4 is 4.90 Å². The molecular formula is C32H34ClN5S. The standard InChI is InChI=1S/C32H34ClN5S/c1-36-28-12-11-27(39-26-10-6-9-25(30(26)33)37-17-4-5-18-37)31(36)34-16-13-29(35-28)38-19-14-32(15-20-38)21-23-7-2-3-8-24(23)22-32/h2-3,6-13,16H,4-5,14-15,17-22H2,1H3. The van der Waals surface area contributed by atoms with Gasteiger partial charge in [0.05, 0.1) is 15.6 Å². The van der Waals surface area contributed by atoms with Crippen LogP contribution in [-0.4, -0.2) is 55.1 Å². The first kappa shape index (κ1) is 25.0. The Labute approximate surface area is 240 Å². The average molecular weight is 556 g/mol. The topological polar surface area (TPSA) is 34.4 Å². The Balaban J connectivity index is 1.09. The summed E-state index contributed by atoms with van der Waals surface area (Å²) in [6.45, 7) is 4.23. The van der Waals surface area contributed by atoms with Gasteiger partial charge in [0.2, 0.25) is 0 Å². The summed E-state index contributed by atoms with van der Waals surface area (Å²) in [7, 11) is 2.06. The first-order valence-corrected chi connectivity index (χ1v) is 15.3. The number of fused-ring (bicyclic) bond motifs is 3. The Kier molecular flexibility index (Phi) is 6.56. The van der Waals surface area contributed by atoms with Crippen LogP contribution in [-0.2, 0) is 12.8 Å². The third kappa shape index (κ3) is 4.72. The number of benzene rings is 2. The average Bonchev–Trinajstić information content (AvgIpc) is 3.60. The molecule has 0 atom stereocenters. The fourth-order valence-electron chi connectivity index (χ4n) is 6.69. The number of likely N-dealkylation sites (tertiary alicyclic amines) is 1. The number of thioether (sulfide) groups is 1. The number of nitrogens with zero attached hydrogens (tertiary/aromatic N) is 5. The van der Waals surface area contributed by atoms with E-state index in [1.54, 1.807) is 22.9 Å². The number of piperidine rings is 1. The summed E-state index contributed by atoms with van der Waals surface area (Å²) in [5.74, 6) is 2.83. The van der Waals surface area contributed by atoms with E-state index in [2.05, 4.69) is 82.4 Å². The van der Waals surface area contributed by atoms with Crippen LogP contribution in [0, 0.1) is 5.41 Å². The Morgan fingerprint density at radius 2 is 1.62 bits per heavy atom. The summed E-state index contributed by atoms with van der Waals surface area (Å²) in [6, 6.07) is 15.4. The number of amidine groups is 1. The van der Waals surface area contributed by atoms with Crippen molar-refractivity contribution >= 4 is 41.1 Å². The molecule has 200 valence electrons. The van der Waals surface area contributed by atoms with Gasteiger partial charge in [0.1, 0.15) is 17.5 Å². The molecule has 0 aromatic heterocycles. The summed E-state index contributed by atoms with van der Waals surface area (Å²) >= 11 is 8.59. The molecule has 1 spiro atoms. The zero-order valence-electron chi connectivity index (χ0n) is 22.4. The van der Waals surface area contributed by atoms with Gasteiger partial charge in [-0.3, -0.25) is 0 Å². The summed E-state index contributed by atoms with van der Waals surface area (Å²) in [6.07, 6.45) is 15.6. The van der Waals surface area contributed by atoms with Gasteiger partial charge >= 0.3 is 0 Å². The maximum atomic E-state index is 6.91. The van der Waals surface area contributed by atoms with Crippen molar-refractivity contribution in [1.29, 1.82) is 0 Å². The first-order chi connectivity index (χ1) is 19.1. The van der Waals surface area contributed by atoms with Crippen LogP contribution in [0.5, 0.6) is 0 Å². The molecule has 2 fully saturated rings. The molecule has 2 aromatic carbocycles. The lowest BCUT2D eigenvalue weighted by molar-refractivity contribution is 0.135. The molecule has 2 aromatic rings. The minimum absolute atomic E-state index is 0.417. The minimum atomic E-state index is 0.417. The van der Waals surface area contributed by atoms with Crippen molar-refractivity contribution in [2.24, 2.45) is 15.4 Å². The van der Waals surface area contributed by atoms with E-state index in [4.69, 9.17) is 21.6 Å². The molecule has 39 heavy (non-hydrogen) atoms. The Hall–Kier alpha value is -2.96. The maximum absolute atomic E-state index is 6.91. The SMILES string of the molecule is CN1C2=NC(N3CCC4(CC3)Cc3ccccc3C4)=CC=NC1=C(Sc1cccc(N3CCCC3)c1Cl)C=C2. The zero-order chi connectivity index (χ0) is 26.4. The van der Waals surface area contributed by atoms with E-state index < -0.39 is 0 Å². The van der Waals surface area contributed by atoms with E-state index in [0.29, 0.717) is 5.41 Å². The number of hydrogen-bond acceptors (Lipinski definition) is 6. The van der Waals surface area contributed by atoms with Crippen molar-refractivity contribution in [3.63, 3.8) is 0 Å². The second-order valence-electron chi connectivity index (χ2n) is 11.3. The molecule has 0 unspecified atom stereocenters. The Morgan fingerprint density at radius 1 is 0.872 bits per heavy atom. The van der Waals surface area contributed by atoms with Gasteiger partial charge in [-0.2, -0.15) is 0 Å². The van der Waals surface area contributed by atoms with Crippen molar-refractivity contribution in [2.75, 3.05) is 38.1 Å². The van der Waals surface area contributed by atoms with Crippen molar-refractivity contribution in [3.05, 3.63) is 93.4 Å². The molecule has 2 bridgehead atoms. The van der Waals surface area contributed by atoms with Gasteiger partial charge in [0.25, 0.3) is 0 Å². The van der Waals surface area contributed by atoms with E-state index >= 15 is 0 Å². The number of rotatable bonds is 4. The van der Waals surface area contributed by atoms with E-state index in [-0.39, 0.29) is 0 Å². The van der Waals surface area contributed by atoms with Crippen LogP contribution in [0.1, 0.15) is 36.8 Å². The highest BCUT2D eigenvalue weighted by Gasteiger charge is 2.40. The lowest BCUT2D eigenvalue weighted by atomic mass is 9.76. The van der Waals surface area contributed by atoms with Crippen molar-refractivity contribution in [1.82, 2.24) is 9.80 Å². The molecule has 0 saturated carbocycles. The van der Waals surface area contributed by atoms with E-state index in [0.717, 1.165) is 64.2 Å². The normalized spacial score (nSPS) is 21.7. The fraction of sp³-hybridized carbons (Fsp3) is 0.375. The summed E-state index contributed by atoms with van der Waals surface area (Å²) in [5, 5.41) is 0.832. The fourth-order valence-corrected chi connectivity index (χ4v) is 8.05. The number of hydrogen-bond donors (Lipinski definition) is 0. The van der Waals surface area contributed by atoms with Crippen LogP contribution in [0.2, 0.25) is 5.02 Å². The lowest BCUT2D eigenvalue weighted by Gasteiger charge is -2.40. The van der Waals surface area contributed by atoms with Gasteiger partial charge in [-0.1, -0.05) is 53.7 Å². The zero-order valence-corrected chi connectivity index (χ0v) is 24.0. The molecule has 4 aliphatic heterocycles. The highest BCUT2D eigenvalue weighted by Crippen LogP contribution is 2.45. The minimum Gasteiger partial charge on any atom is -0.370 e. The van der Waals surface area contributed by atoms with Crippen molar-refractivity contribution < 1.29 is 0 Å². The Morgan fingerprint density at radius 3 is 2.36 bits per heavy atom. The Bertz CT molecular complexity index is 1410. The summed E-state index contributed by atoms with van der Waals surface area (Å²) in [5.41, 5.74) is 4.66. The smallest absolute Gasteiger partial charge is 0.147 e. The van der Waals surface area contributed by atoms with Gasteiger partial charge in [-0.25, -0.2) is 9.98 Å². The number of likely N-dealkylation sites (N-methyl/N-ethyl adjacent to an activating group) is 1. The molecule has 1 aliphatic carbocycles. The van der Waals surface area contributed by atoms with Crippen LogP contribution >= 0.6 is 23.4 Å². The highest BCUT2D eigenvalue weighted by atomic mass is 35.5. The number of allylic oxidation sites excluding steroid dienone is 2. The largest absolute Gasteiger partial charge is 0.370 e. The number of halogens is 1. The van der Waals surface area contributed by atoms with E-state index in [1.165, 1.54) is 38.5 Å². The van der Waals surface area contributed by atoms with Gasteiger partial charge in [-0.15, -0.1) is 0 Å². The molecule has 0 radical (unpaired) electrons. The maximum Gasteiger partial charge on any atom is 0.147 e. The predicted molar refractivity (Wildman–Crippen MR) is 164 cm³/mol. The molecule has 7 rings (SSSR count). The third-order valence-electron chi connectivity index (χ3n) is 8.92. The van der Waals surface area contributed by atoms with Gasteiger partial charge in [0, 0.05) is 44.3 Å². The molecule has 7 heteroatoms. The molecular weight excluding hydrogens is 522 g/mol.